The lowest BCUT2D eigenvalue weighted by atomic mass is 9.92. The highest BCUT2D eigenvalue weighted by molar-refractivity contribution is 5.79. The van der Waals surface area contributed by atoms with Crippen LogP contribution in [0.5, 0.6) is 0 Å². The van der Waals surface area contributed by atoms with E-state index in [1.54, 1.807) is 0 Å². The highest BCUT2D eigenvalue weighted by Crippen LogP contribution is 2.21. The molecule has 18 heavy (non-hydrogen) atoms. The molecular formula is C15H22N2O. The molecular weight excluding hydrogens is 224 g/mol. The van der Waals surface area contributed by atoms with E-state index in [4.69, 9.17) is 0 Å². The Morgan fingerprint density at radius 2 is 2.06 bits per heavy atom. The third kappa shape index (κ3) is 3.10. The number of hydrogen-bond acceptors (Lipinski definition) is 2. The number of piperidine rings is 1. The lowest BCUT2D eigenvalue weighted by Gasteiger charge is -2.30. The molecule has 1 amide bonds. The van der Waals surface area contributed by atoms with E-state index >= 15 is 0 Å². The minimum atomic E-state index is -0.310. The van der Waals surface area contributed by atoms with Crippen molar-refractivity contribution in [1.29, 1.82) is 0 Å². The third-order valence-corrected chi connectivity index (χ3v) is 3.60. The summed E-state index contributed by atoms with van der Waals surface area (Å²) < 4.78 is 0. The van der Waals surface area contributed by atoms with Gasteiger partial charge in [-0.3, -0.25) is 4.79 Å². The van der Waals surface area contributed by atoms with Gasteiger partial charge in [-0.05, 0) is 38.8 Å². The van der Waals surface area contributed by atoms with Crippen LogP contribution in [0.25, 0.3) is 0 Å². The summed E-state index contributed by atoms with van der Waals surface area (Å²) in [6.45, 7) is 5.94. The van der Waals surface area contributed by atoms with Crippen LogP contribution in [0.15, 0.2) is 30.3 Å². The van der Waals surface area contributed by atoms with E-state index in [1.165, 1.54) is 0 Å². The third-order valence-electron chi connectivity index (χ3n) is 3.60. The Labute approximate surface area is 109 Å². The fraction of sp³-hybridized carbons (Fsp3) is 0.533. The van der Waals surface area contributed by atoms with Crippen LogP contribution in [-0.4, -0.2) is 19.0 Å². The van der Waals surface area contributed by atoms with Crippen molar-refractivity contribution in [2.24, 2.45) is 5.92 Å². The van der Waals surface area contributed by atoms with Gasteiger partial charge in [-0.25, -0.2) is 0 Å². The van der Waals surface area contributed by atoms with Crippen LogP contribution in [0.4, 0.5) is 0 Å². The lowest BCUT2D eigenvalue weighted by Crippen LogP contribution is -2.47. The maximum Gasteiger partial charge on any atom is 0.225 e. The smallest absolute Gasteiger partial charge is 0.225 e. The molecule has 2 rings (SSSR count). The van der Waals surface area contributed by atoms with E-state index in [2.05, 4.69) is 36.6 Å². The second-order valence-electron chi connectivity index (χ2n) is 5.52. The van der Waals surface area contributed by atoms with Crippen molar-refractivity contribution < 1.29 is 4.79 Å². The summed E-state index contributed by atoms with van der Waals surface area (Å²) in [6, 6.07) is 10.1. The molecule has 2 N–H and O–H groups in total. The summed E-state index contributed by atoms with van der Waals surface area (Å²) in [7, 11) is 0. The first-order chi connectivity index (χ1) is 8.59. The molecule has 1 aliphatic rings. The highest BCUT2D eigenvalue weighted by Gasteiger charge is 2.27. The van der Waals surface area contributed by atoms with E-state index in [-0.39, 0.29) is 17.4 Å². The van der Waals surface area contributed by atoms with Crippen molar-refractivity contribution in [2.75, 3.05) is 13.1 Å². The van der Waals surface area contributed by atoms with Crippen molar-refractivity contribution >= 4 is 5.91 Å². The molecule has 0 saturated carbocycles. The van der Waals surface area contributed by atoms with Crippen LogP contribution < -0.4 is 10.6 Å². The van der Waals surface area contributed by atoms with Crippen molar-refractivity contribution in [3.8, 4) is 0 Å². The predicted octanol–water partition coefficient (Wildman–Crippen LogP) is 2.04. The zero-order valence-electron chi connectivity index (χ0n) is 11.2. The first-order valence-corrected chi connectivity index (χ1v) is 6.68. The van der Waals surface area contributed by atoms with Crippen molar-refractivity contribution in [2.45, 2.75) is 32.2 Å². The predicted molar refractivity (Wildman–Crippen MR) is 73.2 cm³/mol. The van der Waals surface area contributed by atoms with Gasteiger partial charge in [0.1, 0.15) is 0 Å². The number of carbonyl (C=O) groups is 1. The van der Waals surface area contributed by atoms with Crippen LogP contribution >= 0.6 is 0 Å². The molecule has 0 spiro atoms. The molecule has 3 nitrogen and oxygen atoms in total. The molecule has 0 unspecified atom stereocenters. The molecule has 1 aromatic rings. The van der Waals surface area contributed by atoms with E-state index < -0.39 is 0 Å². The Kier molecular flexibility index (Phi) is 4.02. The minimum Gasteiger partial charge on any atom is -0.347 e. The van der Waals surface area contributed by atoms with Gasteiger partial charge in [-0.15, -0.1) is 0 Å². The van der Waals surface area contributed by atoms with Crippen LogP contribution in [0, 0.1) is 5.92 Å². The van der Waals surface area contributed by atoms with Gasteiger partial charge in [0.05, 0.1) is 11.5 Å². The normalized spacial score (nSPS) is 20.4. The van der Waals surface area contributed by atoms with E-state index in [1.807, 2.05) is 18.2 Å². The van der Waals surface area contributed by atoms with Gasteiger partial charge in [0.15, 0.2) is 0 Å². The molecule has 3 heteroatoms. The first-order valence-electron chi connectivity index (χ1n) is 6.68. The molecule has 1 aliphatic heterocycles. The second kappa shape index (κ2) is 5.53. The quantitative estimate of drug-likeness (QED) is 0.857. The Balaban J connectivity index is 2.01. The van der Waals surface area contributed by atoms with Gasteiger partial charge in [0.2, 0.25) is 5.91 Å². The highest BCUT2D eigenvalue weighted by atomic mass is 16.2. The molecule has 0 aliphatic carbocycles. The van der Waals surface area contributed by atoms with Crippen LogP contribution in [0.1, 0.15) is 32.3 Å². The van der Waals surface area contributed by atoms with Gasteiger partial charge in [-0.2, -0.15) is 0 Å². The Bertz CT molecular complexity index is 394. The first kappa shape index (κ1) is 13.1. The maximum absolute atomic E-state index is 12.2. The average molecular weight is 246 g/mol. The molecule has 1 saturated heterocycles. The summed E-state index contributed by atoms with van der Waals surface area (Å²) in [5, 5.41) is 6.44. The average Bonchev–Trinajstić information content (AvgIpc) is 2.40. The summed E-state index contributed by atoms with van der Waals surface area (Å²) in [6.07, 6.45) is 2.08. The largest absolute Gasteiger partial charge is 0.347 e. The summed E-state index contributed by atoms with van der Waals surface area (Å²) in [4.78, 5) is 12.2. The molecule has 98 valence electrons. The molecule has 0 aromatic heterocycles. The maximum atomic E-state index is 12.2. The lowest BCUT2D eigenvalue weighted by molar-refractivity contribution is -0.127. The van der Waals surface area contributed by atoms with Gasteiger partial charge in [0.25, 0.3) is 0 Å². The Morgan fingerprint density at radius 3 is 2.67 bits per heavy atom. The molecule has 1 fully saturated rings. The zero-order valence-corrected chi connectivity index (χ0v) is 11.2. The zero-order chi connectivity index (χ0) is 13.0. The van der Waals surface area contributed by atoms with Crippen molar-refractivity contribution in [3.63, 3.8) is 0 Å². The van der Waals surface area contributed by atoms with Crippen molar-refractivity contribution in [1.82, 2.24) is 10.6 Å². The summed E-state index contributed by atoms with van der Waals surface area (Å²) in [5.74, 6) is 0.276. The number of amides is 1. The monoisotopic (exact) mass is 246 g/mol. The summed E-state index contributed by atoms with van der Waals surface area (Å²) in [5.41, 5.74) is 0.831. The van der Waals surface area contributed by atoms with Crippen LogP contribution in [0.3, 0.4) is 0 Å². The molecule has 1 aromatic carbocycles. The number of rotatable bonds is 3. The van der Waals surface area contributed by atoms with E-state index in [0.717, 1.165) is 31.5 Å². The van der Waals surface area contributed by atoms with E-state index in [0.29, 0.717) is 0 Å². The van der Waals surface area contributed by atoms with Gasteiger partial charge in [0, 0.05) is 6.54 Å². The number of nitrogens with one attached hydrogen (secondary N) is 2. The topological polar surface area (TPSA) is 41.1 Å². The fourth-order valence-corrected chi connectivity index (χ4v) is 2.41. The fourth-order valence-electron chi connectivity index (χ4n) is 2.41. The number of hydrogen-bond donors (Lipinski definition) is 2. The second-order valence-corrected chi connectivity index (χ2v) is 5.52. The SMILES string of the molecule is CC(C)(NC(=O)[C@@H]1CCCNC1)c1ccccc1. The molecule has 1 heterocycles. The van der Waals surface area contributed by atoms with Gasteiger partial charge < -0.3 is 10.6 Å². The van der Waals surface area contributed by atoms with Crippen LogP contribution in [0.2, 0.25) is 0 Å². The Hall–Kier alpha value is -1.35. The Morgan fingerprint density at radius 1 is 1.33 bits per heavy atom. The van der Waals surface area contributed by atoms with Gasteiger partial charge in [-0.1, -0.05) is 30.3 Å². The van der Waals surface area contributed by atoms with Gasteiger partial charge >= 0.3 is 0 Å². The number of benzene rings is 1. The minimum absolute atomic E-state index is 0.113. The standard InChI is InChI=1S/C15H22N2O/c1-15(2,13-8-4-3-5-9-13)17-14(18)12-7-6-10-16-11-12/h3-5,8-9,12,16H,6-7,10-11H2,1-2H3,(H,17,18)/t12-/m1/s1. The number of carbonyl (C=O) groups excluding carboxylic acids is 1. The van der Waals surface area contributed by atoms with E-state index in [9.17, 15) is 4.79 Å². The molecule has 0 radical (unpaired) electrons. The molecule has 1 atom stereocenters. The summed E-state index contributed by atoms with van der Waals surface area (Å²) >= 11 is 0. The molecule has 0 bridgehead atoms. The van der Waals surface area contributed by atoms with Crippen molar-refractivity contribution in [3.05, 3.63) is 35.9 Å². The van der Waals surface area contributed by atoms with Crippen LogP contribution in [-0.2, 0) is 10.3 Å².